The molecule has 3 heterocycles. The molecule has 2 aromatic heterocycles. The number of aromatic nitrogens is 3. The van der Waals surface area contributed by atoms with Crippen molar-refractivity contribution < 1.29 is 4.92 Å². The summed E-state index contributed by atoms with van der Waals surface area (Å²) < 4.78 is 1.65. The minimum absolute atomic E-state index is 0.0875. The third kappa shape index (κ3) is 3.99. The van der Waals surface area contributed by atoms with Crippen LogP contribution in [0.5, 0.6) is 0 Å². The number of rotatable bonds is 6. The maximum absolute atomic E-state index is 10.7. The first-order valence-electron chi connectivity index (χ1n) is 8.38. The van der Waals surface area contributed by atoms with Gasteiger partial charge < -0.3 is 15.0 Å². The minimum Gasteiger partial charge on any atom is -0.358 e. The van der Waals surface area contributed by atoms with Gasteiger partial charge in [-0.2, -0.15) is 4.68 Å². The second-order valence-electron chi connectivity index (χ2n) is 6.60. The highest BCUT2D eigenvalue weighted by atomic mass is 32.1. The molecule has 0 saturated carbocycles. The summed E-state index contributed by atoms with van der Waals surface area (Å²) in [5.74, 6) is 0.893. The first kappa shape index (κ1) is 17.0. The first-order valence-corrected chi connectivity index (χ1v) is 9.26. The molecule has 0 aliphatic carbocycles. The van der Waals surface area contributed by atoms with E-state index in [9.17, 15) is 10.1 Å². The third-order valence-corrected chi connectivity index (χ3v) is 5.47. The Kier molecular flexibility index (Phi) is 5.25. The monoisotopic (exact) mass is 349 g/mol. The highest BCUT2D eigenvalue weighted by Crippen LogP contribution is 2.30. The second kappa shape index (κ2) is 7.40. The van der Waals surface area contributed by atoms with E-state index in [4.69, 9.17) is 4.98 Å². The highest BCUT2D eigenvalue weighted by Gasteiger charge is 2.24. The van der Waals surface area contributed by atoms with E-state index >= 15 is 0 Å². The molecule has 3 rings (SSSR count). The maximum Gasteiger partial charge on any atom is 0.389 e. The van der Waals surface area contributed by atoms with E-state index < -0.39 is 4.92 Å². The summed E-state index contributed by atoms with van der Waals surface area (Å²) in [5.41, 5.74) is 1.19. The number of hydrogen-bond acceptors (Lipinski definition) is 6. The van der Waals surface area contributed by atoms with Crippen molar-refractivity contribution in [1.29, 1.82) is 0 Å². The van der Waals surface area contributed by atoms with E-state index in [1.54, 1.807) is 22.2 Å². The van der Waals surface area contributed by atoms with E-state index in [0.29, 0.717) is 18.4 Å². The van der Waals surface area contributed by atoms with Crippen LogP contribution >= 0.6 is 11.3 Å². The Morgan fingerprint density at radius 1 is 1.46 bits per heavy atom. The molecule has 7 nitrogen and oxygen atoms in total. The van der Waals surface area contributed by atoms with Gasteiger partial charge in [0.2, 0.25) is 0 Å². The van der Waals surface area contributed by atoms with Crippen LogP contribution in [0.2, 0.25) is 0 Å². The highest BCUT2D eigenvalue weighted by molar-refractivity contribution is 7.09. The van der Waals surface area contributed by atoms with Crippen LogP contribution in [0.4, 0.5) is 5.82 Å². The van der Waals surface area contributed by atoms with Gasteiger partial charge in [-0.05, 0) is 30.2 Å². The van der Waals surface area contributed by atoms with Gasteiger partial charge in [0.15, 0.2) is 0 Å². The van der Waals surface area contributed by atoms with E-state index in [1.807, 2.05) is 0 Å². The van der Waals surface area contributed by atoms with Gasteiger partial charge in [-0.15, -0.1) is 11.3 Å². The summed E-state index contributed by atoms with van der Waals surface area (Å²) in [7, 11) is 0. The van der Waals surface area contributed by atoms with E-state index in [0.717, 1.165) is 19.6 Å². The molecule has 2 aromatic rings. The predicted molar refractivity (Wildman–Crippen MR) is 93.5 cm³/mol. The number of likely N-dealkylation sites (tertiary alicyclic amines) is 1. The Labute approximate surface area is 145 Å². The van der Waals surface area contributed by atoms with E-state index in [2.05, 4.69) is 29.2 Å². The average molecular weight is 349 g/mol. The van der Waals surface area contributed by atoms with Crippen LogP contribution in [0.1, 0.15) is 49.2 Å². The fourth-order valence-electron chi connectivity index (χ4n) is 3.03. The molecule has 1 aliphatic heterocycles. The molecule has 0 spiro atoms. The van der Waals surface area contributed by atoms with Crippen molar-refractivity contribution in [3.05, 3.63) is 38.5 Å². The summed E-state index contributed by atoms with van der Waals surface area (Å²) in [6, 6.07) is 1.45. The van der Waals surface area contributed by atoms with Crippen molar-refractivity contribution in [1.82, 2.24) is 19.7 Å². The van der Waals surface area contributed by atoms with Gasteiger partial charge in [0.25, 0.3) is 0 Å². The Balaban J connectivity index is 1.55. The Morgan fingerprint density at radius 3 is 2.96 bits per heavy atom. The average Bonchev–Trinajstić information content (AvgIpc) is 3.23. The molecule has 24 heavy (non-hydrogen) atoms. The van der Waals surface area contributed by atoms with E-state index in [-0.39, 0.29) is 5.82 Å². The van der Waals surface area contributed by atoms with Crippen molar-refractivity contribution in [2.45, 2.75) is 45.1 Å². The lowest BCUT2D eigenvalue weighted by atomic mass is 9.98. The number of nitrogens with zero attached hydrogens (tertiary/aromatic N) is 5. The Hall–Kier alpha value is -1.80. The molecule has 130 valence electrons. The predicted octanol–water partition coefficient (Wildman–Crippen LogP) is 3.25. The van der Waals surface area contributed by atoms with Gasteiger partial charge in [0.05, 0.1) is 34.6 Å². The quantitative estimate of drug-likeness (QED) is 0.591. The first-order chi connectivity index (χ1) is 11.5. The Morgan fingerprint density at radius 2 is 2.29 bits per heavy atom. The van der Waals surface area contributed by atoms with Crippen LogP contribution < -0.4 is 0 Å². The number of thiazole rings is 1. The SMILES string of the molecule is CC(C)c1csc(C2CCCN(CCn3ccc([N+](=O)[O-])n3)C2)n1. The molecule has 1 aliphatic rings. The van der Waals surface area contributed by atoms with Crippen molar-refractivity contribution in [3.63, 3.8) is 0 Å². The van der Waals surface area contributed by atoms with Gasteiger partial charge >= 0.3 is 5.82 Å². The van der Waals surface area contributed by atoms with Crippen LogP contribution in [0.3, 0.4) is 0 Å². The second-order valence-corrected chi connectivity index (χ2v) is 7.49. The molecule has 1 unspecified atom stereocenters. The standard InChI is InChI=1S/C16H23N5O2S/c1-12(2)14-11-24-16(17-14)13-4-3-6-19(10-13)8-9-20-7-5-15(18-20)21(22)23/h5,7,11-13H,3-4,6,8-10H2,1-2H3. The topological polar surface area (TPSA) is 77.1 Å². The van der Waals surface area contributed by atoms with Gasteiger partial charge in [-0.25, -0.2) is 4.98 Å². The van der Waals surface area contributed by atoms with Gasteiger partial charge in [0, 0.05) is 24.4 Å². The summed E-state index contributed by atoms with van der Waals surface area (Å²) in [6.45, 7) is 7.97. The zero-order valence-electron chi connectivity index (χ0n) is 14.1. The molecule has 1 fully saturated rings. The van der Waals surface area contributed by atoms with E-state index in [1.165, 1.54) is 29.6 Å². The van der Waals surface area contributed by atoms with Crippen molar-refractivity contribution in [2.24, 2.45) is 0 Å². The summed E-state index contributed by atoms with van der Waals surface area (Å²) in [4.78, 5) is 17.5. The molecule has 0 radical (unpaired) electrons. The smallest absolute Gasteiger partial charge is 0.358 e. The van der Waals surface area contributed by atoms with Crippen molar-refractivity contribution in [2.75, 3.05) is 19.6 Å². The van der Waals surface area contributed by atoms with Crippen LogP contribution in [-0.2, 0) is 6.54 Å². The lowest BCUT2D eigenvalue weighted by molar-refractivity contribution is -0.389. The van der Waals surface area contributed by atoms with Gasteiger partial charge in [-0.3, -0.25) is 0 Å². The lowest BCUT2D eigenvalue weighted by Gasteiger charge is -2.31. The molecule has 0 aromatic carbocycles. The van der Waals surface area contributed by atoms with Gasteiger partial charge in [-0.1, -0.05) is 13.8 Å². The van der Waals surface area contributed by atoms with Crippen LogP contribution in [-0.4, -0.2) is 44.2 Å². The van der Waals surface area contributed by atoms with Crippen LogP contribution in [0.15, 0.2) is 17.6 Å². The summed E-state index contributed by atoms with van der Waals surface area (Å²) in [5, 5.41) is 18.1. The van der Waals surface area contributed by atoms with Crippen LogP contribution in [0, 0.1) is 10.1 Å². The number of hydrogen-bond donors (Lipinski definition) is 0. The van der Waals surface area contributed by atoms with Crippen molar-refractivity contribution >= 4 is 17.2 Å². The summed E-state index contributed by atoms with van der Waals surface area (Å²) >= 11 is 1.78. The fourth-order valence-corrected chi connectivity index (χ4v) is 4.14. The Bertz CT molecular complexity index is 696. The lowest BCUT2D eigenvalue weighted by Crippen LogP contribution is -2.36. The molecule has 1 atom stereocenters. The molecular weight excluding hydrogens is 326 g/mol. The molecule has 0 amide bonds. The third-order valence-electron chi connectivity index (χ3n) is 4.44. The molecule has 8 heteroatoms. The number of piperidine rings is 1. The zero-order valence-corrected chi connectivity index (χ0v) is 14.9. The molecular formula is C16H23N5O2S. The molecule has 0 N–H and O–H groups in total. The minimum atomic E-state index is -0.456. The summed E-state index contributed by atoms with van der Waals surface area (Å²) in [6.07, 6.45) is 4.03. The largest absolute Gasteiger partial charge is 0.389 e. The van der Waals surface area contributed by atoms with Crippen molar-refractivity contribution in [3.8, 4) is 0 Å². The molecule has 0 bridgehead atoms. The fraction of sp³-hybridized carbons (Fsp3) is 0.625. The normalized spacial score (nSPS) is 19.0. The zero-order chi connectivity index (χ0) is 17.1. The number of nitro groups is 1. The molecule has 1 saturated heterocycles. The maximum atomic E-state index is 10.7. The van der Waals surface area contributed by atoms with Crippen LogP contribution in [0.25, 0.3) is 0 Å². The van der Waals surface area contributed by atoms with Gasteiger partial charge in [0.1, 0.15) is 0 Å².